The molecule has 172 valence electrons. The minimum absolute atomic E-state index is 0. The molecule has 9 heteroatoms. The predicted molar refractivity (Wildman–Crippen MR) is 137 cm³/mol. The highest BCUT2D eigenvalue weighted by molar-refractivity contribution is 14.0. The molecule has 0 atom stereocenters. The first-order valence-electron chi connectivity index (χ1n) is 10.1. The fourth-order valence-electron chi connectivity index (χ4n) is 2.99. The molecular formula is C22H33IN4O3S. The highest BCUT2D eigenvalue weighted by Crippen LogP contribution is 2.18. The molecule has 31 heavy (non-hydrogen) atoms. The van der Waals surface area contributed by atoms with Crippen molar-refractivity contribution in [3.63, 3.8) is 0 Å². The van der Waals surface area contributed by atoms with Gasteiger partial charge in [-0.1, -0.05) is 42.5 Å². The molecule has 0 aliphatic heterocycles. The number of hydrogen-bond donors (Lipinski definition) is 3. The number of nitrogens with zero attached hydrogens (tertiary/aromatic N) is 1. The number of ether oxygens (including phenoxy) is 1. The maximum Gasteiger partial charge on any atom is 0.216 e. The molecule has 0 heterocycles. The summed E-state index contributed by atoms with van der Waals surface area (Å²) in [4.78, 5) is 4.63. The normalized spacial score (nSPS) is 11.7. The first-order valence-corrected chi connectivity index (χ1v) is 11.7. The summed E-state index contributed by atoms with van der Waals surface area (Å²) in [5.41, 5.74) is 2.66. The summed E-state index contributed by atoms with van der Waals surface area (Å²) in [5.74, 6) is 1.39. The number of benzene rings is 2. The van der Waals surface area contributed by atoms with Crippen LogP contribution in [0.4, 0.5) is 0 Å². The molecule has 2 aromatic rings. The van der Waals surface area contributed by atoms with Crippen molar-refractivity contribution in [3.8, 4) is 5.75 Å². The van der Waals surface area contributed by atoms with Crippen molar-refractivity contribution in [1.82, 2.24) is 15.4 Å². The van der Waals surface area contributed by atoms with E-state index < -0.39 is 10.0 Å². The van der Waals surface area contributed by atoms with Gasteiger partial charge in [-0.3, -0.25) is 0 Å². The fourth-order valence-corrected chi connectivity index (χ4v) is 4.49. The molecule has 0 aliphatic rings. The van der Waals surface area contributed by atoms with Crippen LogP contribution >= 0.6 is 24.0 Å². The highest BCUT2D eigenvalue weighted by Gasteiger charge is 2.15. The number of guanidine groups is 1. The van der Waals surface area contributed by atoms with Crippen LogP contribution in [0.1, 0.15) is 37.5 Å². The van der Waals surface area contributed by atoms with E-state index in [1.807, 2.05) is 69.3 Å². The van der Waals surface area contributed by atoms with E-state index in [0.717, 1.165) is 22.4 Å². The van der Waals surface area contributed by atoms with E-state index in [0.29, 0.717) is 25.6 Å². The third-order valence-corrected chi connectivity index (χ3v) is 5.79. The number of hydrogen-bond acceptors (Lipinski definition) is 4. The second-order valence-corrected chi connectivity index (χ2v) is 8.91. The molecule has 0 bridgehead atoms. The minimum Gasteiger partial charge on any atom is -0.496 e. The Kier molecular flexibility index (Phi) is 11.9. The van der Waals surface area contributed by atoms with Crippen molar-refractivity contribution in [1.29, 1.82) is 0 Å². The predicted octanol–water partition coefficient (Wildman–Crippen LogP) is 3.40. The van der Waals surface area contributed by atoms with Crippen LogP contribution in [-0.4, -0.2) is 34.1 Å². The van der Waals surface area contributed by atoms with E-state index in [2.05, 4.69) is 20.3 Å². The molecule has 0 aliphatic carbocycles. The highest BCUT2D eigenvalue weighted by atomic mass is 127. The van der Waals surface area contributed by atoms with Crippen LogP contribution in [-0.2, 0) is 28.9 Å². The lowest BCUT2D eigenvalue weighted by molar-refractivity contribution is 0.410. The molecule has 0 saturated carbocycles. The summed E-state index contributed by atoms with van der Waals surface area (Å²) in [6, 6.07) is 15.2. The van der Waals surface area contributed by atoms with Crippen molar-refractivity contribution in [2.24, 2.45) is 4.99 Å². The molecule has 0 unspecified atom stereocenters. The number of aliphatic imine (C=N–C) groups is 1. The van der Waals surface area contributed by atoms with E-state index in [1.54, 1.807) is 7.11 Å². The Bertz CT molecular complexity index is 949. The monoisotopic (exact) mass is 560 g/mol. The first kappa shape index (κ1) is 27.2. The number of methoxy groups -OCH3 is 1. The smallest absolute Gasteiger partial charge is 0.216 e. The molecule has 0 spiro atoms. The minimum atomic E-state index is -3.40. The van der Waals surface area contributed by atoms with E-state index >= 15 is 0 Å². The average molecular weight is 561 g/mol. The van der Waals surface area contributed by atoms with Crippen LogP contribution in [0.3, 0.4) is 0 Å². The van der Waals surface area contributed by atoms with Crippen molar-refractivity contribution < 1.29 is 13.2 Å². The van der Waals surface area contributed by atoms with Gasteiger partial charge < -0.3 is 15.4 Å². The summed E-state index contributed by atoms with van der Waals surface area (Å²) >= 11 is 0. The van der Waals surface area contributed by atoms with Crippen LogP contribution < -0.4 is 20.1 Å². The molecule has 7 nitrogen and oxygen atoms in total. The fraction of sp³-hybridized carbons (Fsp3) is 0.409. The molecule has 0 amide bonds. The number of nitrogens with one attached hydrogen (secondary N) is 3. The standard InChI is InChI=1S/C22H32N4O3S.HI/c1-5-23-22(25-15-19-11-8-9-13-21(19)29-4)24-14-18-10-6-7-12-20(18)16-30(27,28)26-17(2)3;/h6-13,17,26H,5,14-16H2,1-4H3,(H2,23,24,25);1H. The van der Waals surface area contributed by atoms with Gasteiger partial charge in [0.1, 0.15) is 5.75 Å². The van der Waals surface area contributed by atoms with Gasteiger partial charge in [0.25, 0.3) is 0 Å². The van der Waals surface area contributed by atoms with E-state index in [-0.39, 0.29) is 35.8 Å². The quantitative estimate of drug-likeness (QED) is 0.236. The summed E-state index contributed by atoms with van der Waals surface area (Å²) in [5, 5.41) is 6.52. The van der Waals surface area contributed by atoms with E-state index in [4.69, 9.17) is 4.74 Å². The van der Waals surface area contributed by atoms with Crippen molar-refractivity contribution in [2.75, 3.05) is 13.7 Å². The second kappa shape index (κ2) is 13.5. The SMILES string of the molecule is CCNC(=NCc1ccccc1OC)NCc1ccccc1CS(=O)(=O)NC(C)C.I. The zero-order chi connectivity index (χ0) is 22.0. The molecule has 0 radical (unpaired) electrons. The summed E-state index contributed by atoms with van der Waals surface area (Å²) < 4.78 is 32.7. The molecule has 2 aromatic carbocycles. The number of halogens is 1. The Morgan fingerprint density at radius 2 is 1.61 bits per heavy atom. The van der Waals surface area contributed by atoms with Crippen LogP contribution in [0.2, 0.25) is 0 Å². The van der Waals surface area contributed by atoms with Crippen LogP contribution in [0.15, 0.2) is 53.5 Å². The maximum atomic E-state index is 12.3. The second-order valence-electron chi connectivity index (χ2n) is 7.16. The number of para-hydroxylation sites is 1. The third kappa shape index (κ3) is 9.44. The van der Waals surface area contributed by atoms with Crippen molar-refractivity contribution >= 4 is 40.0 Å². The van der Waals surface area contributed by atoms with Gasteiger partial charge in [0.05, 0.1) is 19.4 Å². The molecule has 0 fully saturated rings. The maximum absolute atomic E-state index is 12.3. The van der Waals surface area contributed by atoms with Gasteiger partial charge >= 0.3 is 0 Å². The van der Waals surface area contributed by atoms with Gasteiger partial charge in [0.15, 0.2) is 5.96 Å². The van der Waals surface area contributed by atoms with Gasteiger partial charge in [-0.05, 0) is 38.0 Å². The van der Waals surface area contributed by atoms with Gasteiger partial charge in [0, 0.05) is 24.7 Å². The van der Waals surface area contributed by atoms with Gasteiger partial charge in [-0.2, -0.15) is 0 Å². The lowest BCUT2D eigenvalue weighted by Gasteiger charge is -2.15. The van der Waals surface area contributed by atoms with Crippen molar-refractivity contribution in [3.05, 3.63) is 65.2 Å². The average Bonchev–Trinajstić information content (AvgIpc) is 2.70. The van der Waals surface area contributed by atoms with Crippen LogP contribution in [0.25, 0.3) is 0 Å². The van der Waals surface area contributed by atoms with Gasteiger partial charge in [-0.25, -0.2) is 18.1 Å². The molecule has 3 N–H and O–H groups in total. The number of rotatable bonds is 10. The Hall–Kier alpha value is -1.85. The Balaban J connectivity index is 0.00000480. The zero-order valence-electron chi connectivity index (χ0n) is 18.5. The Labute approximate surface area is 203 Å². The number of sulfonamides is 1. The molecule has 2 rings (SSSR count). The molecular weight excluding hydrogens is 527 g/mol. The Morgan fingerprint density at radius 1 is 1.00 bits per heavy atom. The van der Waals surface area contributed by atoms with E-state index in [9.17, 15) is 8.42 Å². The summed E-state index contributed by atoms with van der Waals surface area (Å²) in [6.07, 6.45) is 0. The Morgan fingerprint density at radius 3 is 2.23 bits per heavy atom. The van der Waals surface area contributed by atoms with Crippen molar-refractivity contribution in [2.45, 2.75) is 45.7 Å². The summed E-state index contributed by atoms with van der Waals surface area (Å²) in [7, 11) is -1.75. The molecule has 0 saturated heterocycles. The first-order chi connectivity index (χ1) is 14.3. The van der Waals surface area contributed by atoms with Crippen LogP contribution in [0, 0.1) is 0 Å². The zero-order valence-corrected chi connectivity index (χ0v) is 21.7. The lowest BCUT2D eigenvalue weighted by Crippen LogP contribution is -2.37. The van der Waals surface area contributed by atoms with Crippen LogP contribution in [0.5, 0.6) is 5.75 Å². The summed E-state index contributed by atoms with van der Waals surface area (Å²) in [6.45, 7) is 7.26. The topological polar surface area (TPSA) is 91.8 Å². The lowest BCUT2D eigenvalue weighted by atomic mass is 10.1. The molecule has 0 aromatic heterocycles. The largest absolute Gasteiger partial charge is 0.496 e. The van der Waals surface area contributed by atoms with Gasteiger partial charge in [-0.15, -0.1) is 24.0 Å². The third-order valence-electron chi connectivity index (χ3n) is 4.27. The van der Waals surface area contributed by atoms with Gasteiger partial charge in [0.2, 0.25) is 10.0 Å². The van der Waals surface area contributed by atoms with E-state index in [1.165, 1.54) is 0 Å².